The molecule has 0 radical (unpaired) electrons. The zero-order valence-electron chi connectivity index (χ0n) is 9.45. The van der Waals surface area contributed by atoms with Gasteiger partial charge < -0.3 is 10.4 Å². The number of benzene rings is 1. The molecule has 0 fully saturated rings. The molecule has 0 saturated carbocycles. The average Bonchev–Trinajstić information content (AvgIpc) is 2.30. The molecule has 0 aliphatic heterocycles. The predicted octanol–water partition coefficient (Wildman–Crippen LogP) is 2.90. The fourth-order valence-corrected chi connectivity index (χ4v) is 3.05. The highest BCUT2D eigenvalue weighted by molar-refractivity contribution is 9.10. The molecule has 0 heterocycles. The quantitative estimate of drug-likeness (QED) is 0.760. The van der Waals surface area contributed by atoms with Gasteiger partial charge in [0.2, 0.25) is 0 Å². The van der Waals surface area contributed by atoms with E-state index < -0.39 is 0 Å². The number of aliphatic hydroxyl groups is 1. The third kappa shape index (κ3) is 4.87. The first-order valence-corrected chi connectivity index (χ1v) is 7.27. The summed E-state index contributed by atoms with van der Waals surface area (Å²) in [6.45, 7) is 3.18. The highest BCUT2D eigenvalue weighted by atomic mass is 79.9. The lowest BCUT2D eigenvalue weighted by molar-refractivity contribution is 0.242. The molecule has 0 amide bonds. The van der Waals surface area contributed by atoms with Gasteiger partial charge in [0.15, 0.2) is 0 Å². The molecule has 0 aliphatic carbocycles. The normalized spacial score (nSPS) is 12.7. The van der Waals surface area contributed by atoms with Crippen molar-refractivity contribution in [2.75, 3.05) is 18.9 Å². The van der Waals surface area contributed by atoms with Crippen LogP contribution in [0.2, 0.25) is 0 Å². The second-order valence-corrected chi connectivity index (χ2v) is 5.50. The van der Waals surface area contributed by atoms with Gasteiger partial charge in [0.1, 0.15) is 0 Å². The molecule has 2 nitrogen and oxygen atoms in total. The van der Waals surface area contributed by atoms with Crippen molar-refractivity contribution in [1.82, 2.24) is 5.32 Å². The Kier molecular flexibility index (Phi) is 7.12. The molecule has 90 valence electrons. The van der Waals surface area contributed by atoms with E-state index in [1.165, 1.54) is 4.90 Å². The minimum absolute atomic E-state index is 0.213. The van der Waals surface area contributed by atoms with Gasteiger partial charge in [-0.05, 0) is 46.8 Å². The van der Waals surface area contributed by atoms with Gasteiger partial charge in [-0.2, -0.15) is 0 Å². The van der Waals surface area contributed by atoms with Crippen LogP contribution in [-0.2, 0) is 0 Å². The maximum atomic E-state index is 9.13. The lowest BCUT2D eigenvalue weighted by atomic mass is 10.2. The summed E-state index contributed by atoms with van der Waals surface area (Å²) in [7, 11) is 0. The first-order chi connectivity index (χ1) is 7.77. The van der Waals surface area contributed by atoms with Crippen LogP contribution < -0.4 is 5.32 Å². The van der Waals surface area contributed by atoms with E-state index in [-0.39, 0.29) is 12.6 Å². The summed E-state index contributed by atoms with van der Waals surface area (Å²) in [6.07, 6.45) is 0.982. The van der Waals surface area contributed by atoms with E-state index in [1.54, 1.807) is 0 Å². The number of aliphatic hydroxyl groups excluding tert-OH is 1. The van der Waals surface area contributed by atoms with Crippen molar-refractivity contribution >= 4 is 27.7 Å². The highest BCUT2D eigenvalue weighted by Gasteiger charge is 2.06. The van der Waals surface area contributed by atoms with Gasteiger partial charge in [-0.1, -0.05) is 19.1 Å². The molecule has 1 rings (SSSR count). The molecule has 1 aromatic carbocycles. The first-order valence-electron chi connectivity index (χ1n) is 5.49. The van der Waals surface area contributed by atoms with E-state index in [2.05, 4.69) is 40.3 Å². The average molecular weight is 304 g/mol. The Labute approximate surface area is 110 Å². The Morgan fingerprint density at radius 2 is 2.19 bits per heavy atom. The van der Waals surface area contributed by atoms with Crippen LogP contribution in [-0.4, -0.2) is 30.1 Å². The topological polar surface area (TPSA) is 32.3 Å². The minimum atomic E-state index is 0.213. The zero-order valence-corrected chi connectivity index (χ0v) is 11.9. The first kappa shape index (κ1) is 14.0. The molecule has 0 bridgehead atoms. The number of hydrogen-bond acceptors (Lipinski definition) is 3. The molecular formula is C12H18BrNOS. The van der Waals surface area contributed by atoms with Crippen molar-refractivity contribution < 1.29 is 5.11 Å². The summed E-state index contributed by atoms with van der Waals surface area (Å²) < 4.78 is 1.14. The molecule has 0 aliphatic rings. The second-order valence-electron chi connectivity index (χ2n) is 3.50. The van der Waals surface area contributed by atoms with E-state index in [0.717, 1.165) is 23.2 Å². The largest absolute Gasteiger partial charge is 0.395 e. The Morgan fingerprint density at radius 1 is 1.44 bits per heavy atom. The van der Waals surface area contributed by atoms with E-state index >= 15 is 0 Å². The van der Waals surface area contributed by atoms with E-state index in [0.29, 0.717) is 0 Å². The van der Waals surface area contributed by atoms with Crippen LogP contribution in [0.25, 0.3) is 0 Å². The molecule has 4 heteroatoms. The molecule has 0 spiro atoms. The van der Waals surface area contributed by atoms with E-state index in [4.69, 9.17) is 5.11 Å². The van der Waals surface area contributed by atoms with E-state index in [9.17, 15) is 0 Å². The predicted molar refractivity (Wildman–Crippen MR) is 74.0 cm³/mol. The number of likely N-dealkylation sites (N-methyl/N-ethyl adjacent to an activating group) is 1. The number of halogens is 1. The maximum Gasteiger partial charge on any atom is 0.0584 e. The lowest BCUT2D eigenvalue weighted by Crippen LogP contribution is -2.32. The van der Waals surface area contributed by atoms with Crippen LogP contribution in [0.1, 0.15) is 13.3 Å². The molecule has 0 aromatic heterocycles. The standard InChI is InChI=1S/C12H18BrNOS/c1-2-14-10(9-15)7-8-16-12-6-4-3-5-11(12)13/h3-6,10,14-15H,2,7-9H2,1H3. The van der Waals surface area contributed by atoms with Gasteiger partial charge in [-0.15, -0.1) is 11.8 Å². The van der Waals surface area contributed by atoms with Crippen molar-refractivity contribution in [3.8, 4) is 0 Å². The Morgan fingerprint density at radius 3 is 2.81 bits per heavy atom. The summed E-state index contributed by atoms with van der Waals surface area (Å²) in [5, 5.41) is 12.4. The summed E-state index contributed by atoms with van der Waals surface area (Å²) in [4.78, 5) is 1.26. The molecule has 1 atom stereocenters. The Bertz CT molecular complexity index is 309. The maximum absolute atomic E-state index is 9.13. The van der Waals surface area contributed by atoms with Gasteiger partial charge in [-0.25, -0.2) is 0 Å². The third-order valence-electron chi connectivity index (χ3n) is 2.27. The van der Waals surface area contributed by atoms with Gasteiger partial charge in [0, 0.05) is 15.4 Å². The minimum Gasteiger partial charge on any atom is -0.395 e. The van der Waals surface area contributed by atoms with E-state index in [1.807, 2.05) is 23.9 Å². The summed E-state index contributed by atoms with van der Waals surface area (Å²) in [6, 6.07) is 8.44. The van der Waals surface area contributed by atoms with Crippen LogP contribution in [0.5, 0.6) is 0 Å². The smallest absolute Gasteiger partial charge is 0.0584 e. The zero-order chi connectivity index (χ0) is 11.8. The van der Waals surface area contributed by atoms with Crippen molar-refractivity contribution in [2.45, 2.75) is 24.3 Å². The molecule has 1 unspecified atom stereocenters. The monoisotopic (exact) mass is 303 g/mol. The van der Waals surface area contributed by atoms with Crippen LogP contribution in [0.3, 0.4) is 0 Å². The third-order valence-corrected chi connectivity index (χ3v) is 4.33. The van der Waals surface area contributed by atoms with Gasteiger partial charge in [0.25, 0.3) is 0 Å². The fraction of sp³-hybridized carbons (Fsp3) is 0.500. The Balaban J connectivity index is 2.32. The summed E-state index contributed by atoms with van der Waals surface area (Å²) in [5.74, 6) is 1.01. The molecular weight excluding hydrogens is 286 g/mol. The van der Waals surface area contributed by atoms with Crippen molar-refractivity contribution in [1.29, 1.82) is 0 Å². The van der Waals surface area contributed by atoms with Gasteiger partial charge in [0.05, 0.1) is 6.61 Å². The Hall–Kier alpha value is -0.0300. The van der Waals surface area contributed by atoms with Crippen molar-refractivity contribution in [2.24, 2.45) is 0 Å². The lowest BCUT2D eigenvalue weighted by Gasteiger charge is -2.14. The number of hydrogen-bond donors (Lipinski definition) is 2. The van der Waals surface area contributed by atoms with Crippen LogP contribution in [0, 0.1) is 0 Å². The second kappa shape index (κ2) is 8.12. The van der Waals surface area contributed by atoms with Gasteiger partial charge in [-0.3, -0.25) is 0 Å². The van der Waals surface area contributed by atoms with Crippen LogP contribution >= 0.6 is 27.7 Å². The summed E-state index contributed by atoms with van der Waals surface area (Å²) >= 11 is 5.34. The molecule has 1 aromatic rings. The number of thioether (sulfide) groups is 1. The fourth-order valence-electron chi connectivity index (χ4n) is 1.42. The van der Waals surface area contributed by atoms with Crippen molar-refractivity contribution in [3.63, 3.8) is 0 Å². The van der Waals surface area contributed by atoms with Crippen molar-refractivity contribution in [3.05, 3.63) is 28.7 Å². The van der Waals surface area contributed by atoms with Crippen LogP contribution in [0.4, 0.5) is 0 Å². The molecule has 0 saturated heterocycles. The van der Waals surface area contributed by atoms with Gasteiger partial charge >= 0.3 is 0 Å². The number of rotatable bonds is 7. The highest BCUT2D eigenvalue weighted by Crippen LogP contribution is 2.27. The molecule has 16 heavy (non-hydrogen) atoms. The number of nitrogens with one attached hydrogen (secondary N) is 1. The van der Waals surface area contributed by atoms with Crippen LogP contribution in [0.15, 0.2) is 33.6 Å². The molecule has 2 N–H and O–H groups in total. The summed E-state index contributed by atoms with van der Waals surface area (Å²) in [5.41, 5.74) is 0. The SMILES string of the molecule is CCNC(CO)CCSc1ccccc1Br.